The van der Waals surface area contributed by atoms with Crippen LogP contribution in [0, 0.1) is 5.41 Å². The van der Waals surface area contributed by atoms with Crippen molar-refractivity contribution >= 4 is 21.8 Å². The molecule has 1 aliphatic rings. The summed E-state index contributed by atoms with van der Waals surface area (Å²) in [7, 11) is 3.40. The topological polar surface area (TPSA) is 64.8 Å². The summed E-state index contributed by atoms with van der Waals surface area (Å²) >= 11 is 3.44. The third-order valence-electron chi connectivity index (χ3n) is 4.00. The molecule has 0 aliphatic carbocycles. The van der Waals surface area contributed by atoms with E-state index in [-0.39, 0.29) is 11.9 Å². The van der Waals surface area contributed by atoms with Crippen LogP contribution in [-0.4, -0.2) is 44.2 Å². The number of methoxy groups -OCH3 is 1. The fourth-order valence-electron chi connectivity index (χ4n) is 2.54. The summed E-state index contributed by atoms with van der Waals surface area (Å²) < 4.78 is 11.6. The minimum Gasteiger partial charge on any atom is -0.496 e. The van der Waals surface area contributed by atoms with Gasteiger partial charge in [-0.1, -0.05) is 15.9 Å². The van der Waals surface area contributed by atoms with Gasteiger partial charge in [0.1, 0.15) is 5.75 Å². The number of nitrogens with two attached hydrogens (primary N) is 1. The number of carbonyl (C=O) groups excluding carboxylic acids is 1. The van der Waals surface area contributed by atoms with Crippen LogP contribution in [0.4, 0.5) is 0 Å². The van der Waals surface area contributed by atoms with Crippen LogP contribution in [0.5, 0.6) is 5.75 Å². The van der Waals surface area contributed by atoms with E-state index in [1.807, 2.05) is 25.1 Å². The van der Waals surface area contributed by atoms with Crippen molar-refractivity contribution in [3.05, 3.63) is 28.2 Å². The molecule has 6 heteroatoms. The van der Waals surface area contributed by atoms with E-state index in [9.17, 15) is 4.79 Å². The molecule has 2 N–H and O–H groups in total. The maximum absolute atomic E-state index is 12.7. The van der Waals surface area contributed by atoms with Crippen molar-refractivity contribution in [1.82, 2.24) is 4.90 Å². The number of amides is 1. The lowest BCUT2D eigenvalue weighted by Gasteiger charge is -2.31. The molecule has 1 aliphatic heterocycles. The maximum Gasteiger partial charge on any atom is 0.232 e. The summed E-state index contributed by atoms with van der Waals surface area (Å²) in [4.78, 5) is 14.4. The van der Waals surface area contributed by atoms with Crippen LogP contribution in [0.2, 0.25) is 0 Å². The average molecular weight is 357 g/mol. The molecule has 1 saturated heterocycles. The van der Waals surface area contributed by atoms with Gasteiger partial charge in [-0.25, -0.2) is 0 Å². The molecular formula is C15H21BrN2O3. The Hall–Kier alpha value is -1.11. The van der Waals surface area contributed by atoms with Crippen molar-refractivity contribution < 1.29 is 14.3 Å². The van der Waals surface area contributed by atoms with Crippen LogP contribution in [0.1, 0.15) is 12.5 Å². The fraction of sp³-hybridized carbons (Fsp3) is 0.533. The van der Waals surface area contributed by atoms with Crippen LogP contribution in [0.25, 0.3) is 0 Å². The number of hydrogen-bond acceptors (Lipinski definition) is 4. The van der Waals surface area contributed by atoms with E-state index in [0.717, 1.165) is 15.8 Å². The van der Waals surface area contributed by atoms with Gasteiger partial charge in [0.2, 0.25) is 5.91 Å². The molecule has 1 heterocycles. The zero-order chi connectivity index (χ0) is 15.6. The van der Waals surface area contributed by atoms with Crippen molar-refractivity contribution in [1.29, 1.82) is 0 Å². The summed E-state index contributed by atoms with van der Waals surface area (Å²) in [6.45, 7) is 3.12. The second-order valence-electron chi connectivity index (χ2n) is 5.66. The van der Waals surface area contributed by atoms with Gasteiger partial charge < -0.3 is 20.1 Å². The predicted octanol–water partition coefficient (Wildman–Crippen LogP) is 1.78. The lowest BCUT2D eigenvalue weighted by molar-refractivity contribution is -0.141. The third-order valence-corrected chi connectivity index (χ3v) is 4.50. The minimum absolute atomic E-state index is 0.00507. The molecule has 116 valence electrons. The molecule has 1 fully saturated rings. The summed E-state index contributed by atoms with van der Waals surface area (Å²) in [6.07, 6.45) is 0. The van der Waals surface area contributed by atoms with Gasteiger partial charge in [0, 0.05) is 29.7 Å². The number of nitrogens with zero attached hydrogens (tertiary/aromatic N) is 1. The molecule has 0 aromatic heterocycles. The van der Waals surface area contributed by atoms with Gasteiger partial charge >= 0.3 is 0 Å². The van der Waals surface area contributed by atoms with Crippen LogP contribution in [-0.2, 0) is 16.1 Å². The molecule has 21 heavy (non-hydrogen) atoms. The summed E-state index contributed by atoms with van der Waals surface area (Å²) in [5, 5.41) is 0. The molecule has 0 saturated carbocycles. The zero-order valence-electron chi connectivity index (χ0n) is 12.6. The molecule has 0 radical (unpaired) electrons. The number of rotatable bonds is 4. The smallest absolute Gasteiger partial charge is 0.232 e. The van der Waals surface area contributed by atoms with Crippen molar-refractivity contribution in [3.63, 3.8) is 0 Å². The largest absolute Gasteiger partial charge is 0.496 e. The van der Waals surface area contributed by atoms with E-state index >= 15 is 0 Å². The van der Waals surface area contributed by atoms with Gasteiger partial charge in [0.15, 0.2) is 0 Å². The van der Waals surface area contributed by atoms with E-state index in [1.165, 1.54) is 0 Å². The highest BCUT2D eigenvalue weighted by Gasteiger charge is 2.45. The van der Waals surface area contributed by atoms with E-state index in [2.05, 4.69) is 15.9 Å². The molecule has 2 atom stereocenters. The minimum atomic E-state index is -0.659. The van der Waals surface area contributed by atoms with Crippen molar-refractivity contribution in [2.24, 2.45) is 11.1 Å². The number of ether oxygens (including phenoxy) is 2. The van der Waals surface area contributed by atoms with Gasteiger partial charge in [-0.05, 0) is 25.1 Å². The molecule has 2 unspecified atom stereocenters. The predicted molar refractivity (Wildman–Crippen MR) is 84.1 cm³/mol. The Labute approximate surface area is 133 Å². The second kappa shape index (κ2) is 6.34. The van der Waals surface area contributed by atoms with Crippen molar-refractivity contribution in [2.75, 3.05) is 27.4 Å². The molecular weight excluding hydrogens is 336 g/mol. The quantitative estimate of drug-likeness (QED) is 0.892. The molecule has 0 spiro atoms. The number of halogens is 1. The van der Waals surface area contributed by atoms with Gasteiger partial charge in [-0.15, -0.1) is 0 Å². The number of benzene rings is 1. The summed E-state index contributed by atoms with van der Waals surface area (Å²) in [6, 6.07) is 5.48. The number of carbonyl (C=O) groups is 1. The van der Waals surface area contributed by atoms with Crippen molar-refractivity contribution in [2.45, 2.75) is 19.5 Å². The Bertz CT molecular complexity index is 538. The number of hydrogen-bond donors (Lipinski definition) is 1. The highest BCUT2D eigenvalue weighted by atomic mass is 79.9. The standard InChI is InChI=1S/C15H21BrN2O3/c1-15(9-21-8-13(15)17)14(19)18(2)7-10-6-11(16)4-5-12(10)20-3/h4-6,13H,7-9,17H2,1-3H3. The third kappa shape index (κ3) is 3.22. The van der Waals surface area contributed by atoms with Crippen LogP contribution in [0.15, 0.2) is 22.7 Å². The van der Waals surface area contributed by atoms with Gasteiger partial charge in [-0.2, -0.15) is 0 Å². The highest BCUT2D eigenvalue weighted by molar-refractivity contribution is 9.10. The molecule has 2 rings (SSSR count). The summed E-state index contributed by atoms with van der Waals surface area (Å²) in [5.74, 6) is 0.754. The van der Waals surface area contributed by atoms with E-state index in [4.69, 9.17) is 15.2 Å². The molecule has 1 amide bonds. The Kier molecular flexibility index (Phi) is 4.91. The first-order valence-corrected chi connectivity index (χ1v) is 7.59. The van der Waals surface area contributed by atoms with Gasteiger partial charge in [-0.3, -0.25) is 4.79 Å². The average Bonchev–Trinajstić information content (AvgIpc) is 2.79. The molecule has 1 aromatic carbocycles. The first kappa shape index (κ1) is 16.3. The fourth-order valence-corrected chi connectivity index (χ4v) is 2.95. The highest BCUT2D eigenvalue weighted by Crippen LogP contribution is 2.31. The second-order valence-corrected chi connectivity index (χ2v) is 6.57. The van der Waals surface area contributed by atoms with Gasteiger partial charge in [0.25, 0.3) is 0 Å². The SMILES string of the molecule is COc1ccc(Br)cc1CN(C)C(=O)C1(C)COCC1N. The van der Waals surface area contributed by atoms with Crippen molar-refractivity contribution in [3.8, 4) is 5.75 Å². The lowest BCUT2D eigenvalue weighted by Crippen LogP contribution is -2.50. The molecule has 0 bridgehead atoms. The van der Waals surface area contributed by atoms with Crippen LogP contribution in [0.3, 0.4) is 0 Å². The Morgan fingerprint density at radius 2 is 2.33 bits per heavy atom. The Morgan fingerprint density at radius 1 is 1.62 bits per heavy atom. The van der Waals surface area contributed by atoms with Crippen LogP contribution < -0.4 is 10.5 Å². The van der Waals surface area contributed by atoms with Gasteiger partial charge in [0.05, 0.1) is 25.7 Å². The zero-order valence-corrected chi connectivity index (χ0v) is 14.1. The lowest BCUT2D eigenvalue weighted by atomic mass is 9.84. The Balaban J connectivity index is 2.16. The maximum atomic E-state index is 12.7. The van der Waals surface area contributed by atoms with E-state index in [0.29, 0.717) is 19.8 Å². The first-order valence-electron chi connectivity index (χ1n) is 6.80. The van der Waals surface area contributed by atoms with Crippen LogP contribution >= 0.6 is 15.9 Å². The monoisotopic (exact) mass is 356 g/mol. The van der Waals surface area contributed by atoms with E-state index < -0.39 is 5.41 Å². The normalized spacial score (nSPS) is 24.9. The molecule has 1 aromatic rings. The first-order chi connectivity index (χ1) is 9.88. The molecule has 5 nitrogen and oxygen atoms in total. The van der Waals surface area contributed by atoms with E-state index in [1.54, 1.807) is 19.1 Å². The Morgan fingerprint density at radius 3 is 2.90 bits per heavy atom. The summed E-state index contributed by atoms with van der Waals surface area (Å²) in [5.41, 5.74) is 6.31.